The average molecular weight is 427 g/mol. The van der Waals surface area contributed by atoms with Crippen molar-refractivity contribution in [1.82, 2.24) is 9.88 Å². The Balaban J connectivity index is 0.000000298. The van der Waals surface area contributed by atoms with Crippen LogP contribution in [0.15, 0.2) is 41.4 Å². The lowest BCUT2D eigenvalue weighted by Crippen LogP contribution is -2.39. The van der Waals surface area contributed by atoms with Crippen molar-refractivity contribution in [3.8, 4) is 0 Å². The number of carbonyl (C=O) groups excluding carboxylic acids is 2. The fourth-order valence-electron chi connectivity index (χ4n) is 3.49. The van der Waals surface area contributed by atoms with Crippen LogP contribution in [0.1, 0.15) is 23.2 Å². The second-order valence-electron chi connectivity index (χ2n) is 6.41. The van der Waals surface area contributed by atoms with E-state index < -0.39 is 12.1 Å². The highest BCUT2D eigenvalue weighted by atomic mass is 32.1. The zero-order valence-electron chi connectivity index (χ0n) is 14.9. The van der Waals surface area contributed by atoms with Gasteiger partial charge in [0.15, 0.2) is 0 Å². The van der Waals surface area contributed by atoms with Crippen molar-refractivity contribution in [2.45, 2.75) is 31.1 Å². The maximum Gasteiger partial charge on any atom is 0.490 e. The van der Waals surface area contributed by atoms with Crippen LogP contribution >= 0.6 is 11.3 Å². The summed E-state index contributed by atoms with van der Waals surface area (Å²) in [4.78, 5) is 41.6. The van der Waals surface area contributed by atoms with Crippen LogP contribution in [0.2, 0.25) is 0 Å². The minimum Gasteiger partial charge on any atom is -0.475 e. The molecule has 4 rings (SSSR count). The maximum absolute atomic E-state index is 12.7. The third kappa shape index (κ3) is 4.39. The van der Waals surface area contributed by atoms with Gasteiger partial charge >= 0.3 is 12.1 Å². The van der Waals surface area contributed by atoms with Gasteiger partial charge in [0, 0.05) is 36.3 Å². The summed E-state index contributed by atoms with van der Waals surface area (Å²) in [7, 11) is 0. The van der Waals surface area contributed by atoms with Gasteiger partial charge in [-0.3, -0.25) is 14.6 Å². The van der Waals surface area contributed by atoms with Crippen LogP contribution in [-0.2, 0) is 9.59 Å². The van der Waals surface area contributed by atoms with Gasteiger partial charge in [0.05, 0.1) is 17.8 Å². The van der Waals surface area contributed by atoms with Crippen LogP contribution in [0.4, 0.5) is 18.9 Å². The SMILES string of the molecule is O=C(O)C(F)(F)F.O=C(c1ccncc1)N1CC[C@H]2[C@H]1CC(=O)N2c1ccsc1. The zero-order chi connectivity index (χ0) is 21.2. The minimum absolute atomic E-state index is 0.00475. The molecule has 0 bridgehead atoms. The summed E-state index contributed by atoms with van der Waals surface area (Å²) in [6.07, 6.45) is -0.586. The highest BCUT2D eigenvalue weighted by Gasteiger charge is 2.49. The van der Waals surface area contributed by atoms with Crippen LogP contribution in [0.3, 0.4) is 0 Å². The van der Waals surface area contributed by atoms with Crippen LogP contribution in [0.5, 0.6) is 0 Å². The summed E-state index contributed by atoms with van der Waals surface area (Å²) >= 11 is 1.59. The van der Waals surface area contributed by atoms with Crippen molar-refractivity contribution in [3.05, 3.63) is 46.9 Å². The first-order valence-corrected chi connectivity index (χ1v) is 9.50. The van der Waals surface area contributed by atoms with E-state index in [-0.39, 0.29) is 23.9 Å². The molecular formula is C18H16F3N3O4S. The number of hydrogen-bond acceptors (Lipinski definition) is 5. The molecule has 0 aromatic carbocycles. The quantitative estimate of drug-likeness (QED) is 0.796. The zero-order valence-corrected chi connectivity index (χ0v) is 15.7. The Morgan fingerprint density at radius 3 is 2.38 bits per heavy atom. The van der Waals surface area contributed by atoms with E-state index in [1.54, 1.807) is 35.9 Å². The molecule has 0 aliphatic carbocycles. The Bertz CT molecular complexity index is 890. The van der Waals surface area contributed by atoms with E-state index in [4.69, 9.17) is 9.90 Å². The van der Waals surface area contributed by atoms with Gasteiger partial charge in [-0.05, 0) is 30.0 Å². The van der Waals surface area contributed by atoms with Gasteiger partial charge in [-0.2, -0.15) is 24.5 Å². The van der Waals surface area contributed by atoms with Gasteiger partial charge < -0.3 is 14.9 Å². The first-order chi connectivity index (χ1) is 13.7. The molecule has 1 N–H and O–H groups in total. The Hall–Kier alpha value is -2.95. The van der Waals surface area contributed by atoms with Crippen LogP contribution < -0.4 is 4.90 Å². The van der Waals surface area contributed by atoms with Crippen molar-refractivity contribution in [1.29, 1.82) is 0 Å². The molecular weight excluding hydrogens is 411 g/mol. The van der Waals surface area contributed by atoms with E-state index in [2.05, 4.69) is 4.98 Å². The molecule has 0 saturated carbocycles. The molecule has 2 atom stereocenters. The monoisotopic (exact) mass is 427 g/mol. The van der Waals surface area contributed by atoms with Crippen molar-refractivity contribution in [2.24, 2.45) is 0 Å². The topological polar surface area (TPSA) is 90.8 Å². The number of fused-ring (bicyclic) bond motifs is 1. The molecule has 2 aliphatic heterocycles. The van der Waals surface area contributed by atoms with Crippen molar-refractivity contribution in [3.63, 3.8) is 0 Å². The fraction of sp³-hybridized carbons (Fsp3) is 0.333. The Morgan fingerprint density at radius 1 is 1.17 bits per heavy atom. The molecule has 154 valence electrons. The predicted octanol–water partition coefficient (Wildman–Crippen LogP) is 2.80. The van der Waals surface area contributed by atoms with Gasteiger partial charge in [0.1, 0.15) is 0 Å². The van der Waals surface area contributed by atoms with E-state index in [9.17, 15) is 22.8 Å². The molecule has 0 radical (unpaired) electrons. The molecule has 0 spiro atoms. The lowest BCUT2D eigenvalue weighted by molar-refractivity contribution is -0.192. The van der Waals surface area contributed by atoms with Crippen molar-refractivity contribution in [2.75, 3.05) is 11.4 Å². The van der Waals surface area contributed by atoms with E-state index >= 15 is 0 Å². The number of anilines is 1. The largest absolute Gasteiger partial charge is 0.490 e. The first-order valence-electron chi connectivity index (χ1n) is 8.55. The summed E-state index contributed by atoms with van der Waals surface area (Å²) in [5, 5.41) is 11.1. The molecule has 2 fully saturated rings. The summed E-state index contributed by atoms with van der Waals surface area (Å²) in [6, 6.07) is 5.51. The normalized spacial score (nSPS) is 20.9. The molecule has 2 aromatic heterocycles. The number of amides is 2. The number of aliphatic carboxylic acids is 1. The highest BCUT2D eigenvalue weighted by molar-refractivity contribution is 7.08. The number of carboxylic acids is 1. The Morgan fingerprint density at radius 2 is 1.83 bits per heavy atom. The maximum atomic E-state index is 12.7. The predicted molar refractivity (Wildman–Crippen MR) is 97.6 cm³/mol. The summed E-state index contributed by atoms with van der Waals surface area (Å²) in [5.74, 6) is -2.65. The first kappa shape index (κ1) is 20.8. The Labute approximate surface area is 167 Å². The van der Waals surface area contributed by atoms with Gasteiger partial charge in [-0.25, -0.2) is 4.79 Å². The van der Waals surface area contributed by atoms with Gasteiger partial charge in [-0.1, -0.05) is 0 Å². The molecule has 29 heavy (non-hydrogen) atoms. The van der Waals surface area contributed by atoms with Crippen LogP contribution in [0.25, 0.3) is 0 Å². The highest BCUT2D eigenvalue weighted by Crippen LogP contribution is 2.37. The molecule has 2 aliphatic rings. The number of pyridine rings is 1. The lowest BCUT2D eigenvalue weighted by Gasteiger charge is -2.24. The summed E-state index contributed by atoms with van der Waals surface area (Å²) < 4.78 is 31.7. The number of hydrogen-bond donors (Lipinski definition) is 1. The summed E-state index contributed by atoms with van der Waals surface area (Å²) in [5.41, 5.74) is 1.60. The smallest absolute Gasteiger partial charge is 0.475 e. The third-order valence-electron chi connectivity index (χ3n) is 4.71. The number of carboxylic acid groups (broad SMARTS) is 1. The second kappa shape index (κ2) is 8.19. The molecule has 0 unspecified atom stereocenters. The van der Waals surface area contributed by atoms with E-state index in [1.807, 2.05) is 26.6 Å². The van der Waals surface area contributed by atoms with Crippen molar-refractivity contribution < 1.29 is 32.7 Å². The van der Waals surface area contributed by atoms with E-state index in [0.717, 1.165) is 12.1 Å². The molecule has 2 amide bonds. The number of likely N-dealkylation sites (tertiary alicyclic amines) is 1. The molecule has 4 heterocycles. The standard InChI is InChI=1S/C16H15N3O2S.C2HF3O2/c20-15-9-14-13(19(15)12-4-8-22-10-12)3-7-18(14)16(21)11-1-5-17-6-2-11;3-2(4,5)1(6)7/h1-2,4-6,8,10,13-14H,3,7,9H2;(H,6,7)/t13-,14+;/m0./s1. The number of aromatic nitrogens is 1. The minimum atomic E-state index is -5.08. The number of alkyl halides is 3. The van der Waals surface area contributed by atoms with Crippen LogP contribution in [-0.4, -0.2) is 57.6 Å². The average Bonchev–Trinajstić information content (AvgIpc) is 3.38. The molecule has 7 nitrogen and oxygen atoms in total. The second-order valence-corrected chi connectivity index (χ2v) is 7.19. The molecule has 2 aromatic rings. The number of thiophene rings is 1. The summed E-state index contributed by atoms with van der Waals surface area (Å²) in [6.45, 7) is 0.699. The number of carbonyl (C=O) groups is 3. The molecule has 2 saturated heterocycles. The van der Waals surface area contributed by atoms with Gasteiger partial charge in [-0.15, -0.1) is 0 Å². The molecule has 11 heteroatoms. The van der Waals surface area contributed by atoms with E-state index in [0.29, 0.717) is 18.5 Å². The third-order valence-corrected chi connectivity index (χ3v) is 5.38. The Kier molecular flexibility index (Phi) is 5.87. The number of nitrogens with zero attached hydrogens (tertiary/aromatic N) is 3. The lowest BCUT2D eigenvalue weighted by atomic mass is 10.1. The van der Waals surface area contributed by atoms with Gasteiger partial charge in [0.2, 0.25) is 5.91 Å². The number of rotatable bonds is 2. The van der Waals surface area contributed by atoms with Crippen molar-refractivity contribution >= 4 is 34.8 Å². The fourth-order valence-corrected chi connectivity index (χ4v) is 4.12. The van der Waals surface area contributed by atoms with Gasteiger partial charge in [0.25, 0.3) is 5.91 Å². The van der Waals surface area contributed by atoms with E-state index in [1.165, 1.54) is 0 Å². The van der Waals surface area contributed by atoms with Crippen LogP contribution in [0, 0.1) is 0 Å². The number of halogens is 3.